The minimum atomic E-state index is -0.772. The van der Waals surface area contributed by atoms with E-state index in [1.54, 1.807) is 24.4 Å². The number of benzene rings is 1. The summed E-state index contributed by atoms with van der Waals surface area (Å²) in [5, 5.41) is 2.67. The lowest BCUT2D eigenvalue weighted by molar-refractivity contribution is -0.153. The van der Waals surface area contributed by atoms with E-state index < -0.39 is 11.4 Å². The molecule has 5 nitrogen and oxygen atoms in total. The highest BCUT2D eigenvalue weighted by Gasteiger charge is 2.47. The van der Waals surface area contributed by atoms with Crippen molar-refractivity contribution in [3.05, 3.63) is 70.2 Å². The number of aryl methyl sites for hydroxylation is 1. The molecule has 7 heteroatoms. The number of halogens is 1. The molecule has 0 radical (unpaired) electrons. The third-order valence-electron chi connectivity index (χ3n) is 5.67. The first kappa shape index (κ1) is 19.5. The number of rotatable bonds is 6. The average Bonchev–Trinajstić information content (AvgIpc) is 3.28. The van der Waals surface area contributed by atoms with Crippen molar-refractivity contribution in [1.29, 1.82) is 0 Å². The first-order valence-corrected chi connectivity index (χ1v) is 10.4. The van der Waals surface area contributed by atoms with Crippen LogP contribution in [0.25, 0.3) is 5.13 Å². The number of carbonyl (C=O) groups is 2. The van der Waals surface area contributed by atoms with Gasteiger partial charge in [-0.2, -0.15) is 0 Å². The fourth-order valence-electron chi connectivity index (χ4n) is 3.92. The van der Waals surface area contributed by atoms with Crippen molar-refractivity contribution in [3.8, 4) is 5.13 Å². The van der Waals surface area contributed by atoms with E-state index in [9.17, 15) is 14.0 Å². The molecular formula is C22H21FN2O3S. The van der Waals surface area contributed by atoms with Crippen LogP contribution >= 0.6 is 11.3 Å². The highest BCUT2D eigenvalue weighted by atomic mass is 32.1. The van der Waals surface area contributed by atoms with E-state index in [-0.39, 0.29) is 18.2 Å². The van der Waals surface area contributed by atoms with Crippen LogP contribution in [0.1, 0.15) is 46.6 Å². The van der Waals surface area contributed by atoms with Crippen LogP contribution in [0, 0.1) is 19.7 Å². The Kier molecular flexibility index (Phi) is 5.08. The topological polar surface area (TPSA) is 61.2 Å². The SMILES string of the molecule is Cc1cc(C(=O)COC(=O)C2(c3ccc(F)cc3)CCC2)c(C)n1-c1nccs1. The Labute approximate surface area is 172 Å². The first-order chi connectivity index (χ1) is 13.9. The lowest BCUT2D eigenvalue weighted by Crippen LogP contribution is -2.44. The third-order valence-corrected chi connectivity index (χ3v) is 6.43. The zero-order valence-electron chi connectivity index (χ0n) is 16.3. The van der Waals surface area contributed by atoms with E-state index in [4.69, 9.17) is 4.74 Å². The molecule has 4 rings (SSSR count). The summed E-state index contributed by atoms with van der Waals surface area (Å²) in [4.78, 5) is 29.9. The number of ketones is 1. The van der Waals surface area contributed by atoms with E-state index >= 15 is 0 Å². The Morgan fingerprint density at radius 1 is 1.24 bits per heavy atom. The van der Waals surface area contributed by atoms with E-state index in [1.165, 1.54) is 23.5 Å². The molecule has 3 aromatic rings. The van der Waals surface area contributed by atoms with Crippen molar-refractivity contribution in [2.24, 2.45) is 0 Å². The van der Waals surface area contributed by atoms with Gasteiger partial charge in [-0.25, -0.2) is 9.37 Å². The van der Waals surface area contributed by atoms with Gasteiger partial charge in [0.15, 0.2) is 11.7 Å². The summed E-state index contributed by atoms with van der Waals surface area (Å²) in [5.41, 5.74) is 2.16. The second-order valence-corrected chi connectivity index (χ2v) is 8.25. The second-order valence-electron chi connectivity index (χ2n) is 7.38. The van der Waals surface area contributed by atoms with E-state index in [1.807, 2.05) is 23.8 Å². The van der Waals surface area contributed by atoms with Gasteiger partial charge in [-0.1, -0.05) is 18.6 Å². The quantitative estimate of drug-likeness (QED) is 0.441. The van der Waals surface area contributed by atoms with Crippen molar-refractivity contribution in [2.45, 2.75) is 38.5 Å². The van der Waals surface area contributed by atoms with Gasteiger partial charge in [0.1, 0.15) is 5.82 Å². The third kappa shape index (κ3) is 3.40. The summed E-state index contributed by atoms with van der Waals surface area (Å²) in [5.74, 6) is -1.01. The molecule has 0 bridgehead atoms. The zero-order chi connectivity index (χ0) is 20.6. The van der Waals surface area contributed by atoms with Gasteiger partial charge in [0.2, 0.25) is 5.78 Å². The standard InChI is InChI=1S/C22H21FN2O3S/c1-14-12-18(15(2)25(14)21-24-10-11-29-21)19(26)13-28-20(27)22(8-3-9-22)16-4-6-17(23)7-5-16/h4-7,10-12H,3,8-9,13H2,1-2H3. The molecule has 2 heterocycles. The molecule has 1 aromatic carbocycles. The highest BCUT2D eigenvalue weighted by Crippen LogP contribution is 2.44. The number of nitrogens with zero attached hydrogens (tertiary/aromatic N) is 2. The molecule has 1 saturated carbocycles. The molecule has 0 saturated heterocycles. The number of ether oxygens (including phenoxy) is 1. The Morgan fingerprint density at radius 3 is 2.55 bits per heavy atom. The lowest BCUT2D eigenvalue weighted by atomic mass is 9.64. The molecule has 1 fully saturated rings. The van der Waals surface area contributed by atoms with Crippen LogP contribution in [-0.4, -0.2) is 27.9 Å². The van der Waals surface area contributed by atoms with Crippen LogP contribution in [0.5, 0.6) is 0 Å². The lowest BCUT2D eigenvalue weighted by Gasteiger charge is -2.39. The molecule has 0 spiro atoms. The van der Waals surface area contributed by atoms with Crippen LogP contribution in [0.4, 0.5) is 4.39 Å². The van der Waals surface area contributed by atoms with Crippen LogP contribution < -0.4 is 0 Å². The maximum atomic E-state index is 13.2. The minimum Gasteiger partial charge on any atom is -0.457 e. The number of esters is 1. The van der Waals surface area contributed by atoms with E-state index in [0.717, 1.165) is 28.5 Å². The average molecular weight is 412 g/mol. The van der Waals surface area contributed by atoms with Crippen LogP contribution in [0.3, 0.4) is 0 Å². The van der Waals surface area contributed by atoms with Crippen molar-refractivity contribution >= 4 is 23.1 Å². The van der Waals surface area contributed by atoms with Crippen LogP contribution in [-0.2, 0) is 14.9 Å². The number of thiazole rings is 1. The van der Waals surface area contributed by atoms with Gasteiger partial charge >= 0.3 is 5.97 Å². The van der Waals surface area contributed by atoms with Crippen LogP contribution in [0.15, 0.2) is 41.9 Å². The monoisotopic (exact) mass is 412 g/mol. The minimum absolute atomic E-state index is 0.247. The Morgan fingerprint density at radius 2 is 1.97 bits per heavy atom. The summed E-state index contributed by atoms with van der Waals surface area (Å²) in [6.45, 7) is 3.45. The van der Waals surface area contributed by atoms with Gasteiger partial charge in [0.25, 0.3) is 0 Å². The summed E-state index contributed by atoms with van der Waals surface area (Å²) in [6, 6.07) is 7.74. The number of Topliss-reactive ketones (excluding diaryl/α,β-unsaturated/α-hetero) is 1. The molecule has 150 valence electrons. The molecule has 0 unspecified atom stereocenters. The Bertz CT molecular complexity index is 1050. The van der Waals surface area contributed by atoms with Crippen molar-refractivity contribution in [2.75, 3.05) is 6.61 Å². The molecule has 0 aliphatic heterocycles. The number of aromatic nitrogens is 2. The normalized spacial score (nSPS) is 15.0. The van der Waals surface area contributed by atoms with Gasteiger partial charge in [-0.05, 0) is 50.5 Å². The van der Waals surface area contributed by atoms with Gasteiger partial charge in [0.05, 0.1) is 5.41 Å². The maximum absolute atomic E-state index is 13.2. The molecule has 0 atom stereocenters. The van der Waals surface area contributed by atoms with Crippen LogP contribution in [0.2, 0.25) is 0 Å². The molecule has 29 heavy (non-hydrogen) atoms. The summed E-state index contributed by atoms with van der Waals surface area (Å²) in [6.07, 6.45) is 3.90. The summed E-state index contributed by atoms with van der Waals surface area (Å²) in [7, 11) is 0. The Hall–Kier alpha value is -2.80. The molecule has 1 aliphatic carbocycles. The maximum Gasteiger partial charge on any atom is 0.317 e. The Balaban J connectivity index is 1.49. The first-order valence-electron chi connectivity index (χ1n) is 9.48. The molecule has 1 aliphatic rings. The van der Waals surface area contributed by atoms with E-state index in [2.05, 4.69) is 4.98 Å². The zero-order valence-corrected chi connectivity index (χ0v) is 17.1. The largest absolute Gasteiger partial charge is 0.457 e. The fraction of sp³-hybridized carbons (Fsp3) is 0.318. The van der Waals surface area contributed by atoms with Gasteiger partial charge in [-0.15, -0.1) is 11.3 Å². The summed E-state index contributed by atoms with van der Waals surface area (Å²) >= 11 is 1.49. The predicted molar refractivity (Wildman–Crippen MR) is 108 cm³/mol. The van der Waals surface area contributed by atoms with E-state index in [0.29, 0.717) is 18.4 Å². The molecule has 0 N–H and O–H groups in total. The molecule has 2 aromatic heterocycles. The van der Waals surface area contributed by atoms with Crippen molar-refractivity contribution < 1.29 is 18.7 Å². The fourth-order valence-corrected chi connectivity index (χ4v) is 4.67. The highest BCUT2D eigenvalue weighted by molar-refractivity contribution is 7.12. The van der Waals surface area contributed by atoms with Gasteiger partial charge in [-0.3, -0.25) is 14.2 Å². The van der Waals surface area contributed by atoms with Crippen molar-refractivity contribution in [3.63, 3.8) is 0 Å². The summed E-state index contributed by atoms with van der Waals surface area (Å²) < 4.78 is 20.6. The molecular weight excluding hydrogens is 391 g/mol. The number of hydrogen-bond donors (Lipinski definition) is 0. The second kappa shape index (κ2) is 7.55. The van der Waals surface area contributed by atoms with Gasteiger partial charge < -0.3 is 4.74 Å². The number of carbonyl (C=O) groups excluding carboxylic acids is 2. The predicted octanol–water partition coefficient (Wildman–Crippen LogP) is 4.54. The van der Waals surface area contributed by atoms with Gasteiger partial charge in [0, 0.05) is 28.5 Å². The number of hydrogen-bond acceptors (Lipinski definition) is 5. The smallest absolute Gasteiger partial charge is 0.317 e. The molecule has 0 amide bonds. The van der Waals surface area contributed by atoms with Crippen molar-refractivity contribution in [1.82, 2.24) is 9.55 Å².